The van der Waals surface area contributed by atoms with Crippen molar-refractivity contribution >= 4 is 12.0 Å². The van der Waals surface area contributed by atoms with Crippen LogP contribution in [0.1, 0.15) is 40.5 Å². The third-order valence-corrected chi connectivity index (χ3v) is 2.85. The number of carboxylic acids is 1. The number of carbonyl (C=O) groups excluding carboxylic acids is 1. The predicted molar refractivity (Wildman–Crippen MR) is 71.6 cm³/mol. The number of aliphatic carboxylic acids is 1. The Morgan fingerprint density at radius 3 is 2.17 bits per heavy atom. The summed E-state index contributed by atoms with van der Waals surface area (Å²) in [5, 5.41) is 8.86. The lowest BCUT2D eigenvalue weighted by Crippen LogP contribution is -2.48. The number of urea groups is 1. The summed E-state index contributed by atoms with van der Waals surface area (Å²) in [6.07, 6.45) is 1.92. The Morgan fingerprint density at radius 1 is 1.22 bits per heavy atom. The second kappa shape index (κ2) is 7.95. The molecule has 1 N–H and O–H groups in total. The van der Waals surface area contributed by atoms with Crippen LogP contribution >= 0.6 is 0 Å². The van der Waals surface area contributed by atoms with Crippen LogP contribution in [0.15, 0.2) is 0 Å². The van der Waals surface area contributed by atoms with Gasteiger partial charge in [-0.1, -0.05) is 27.2 Å². The molecule has 18 heavy (non-hydrogen) atoms. The van der Waals surface area contributed by atoms with Crippen molar-refractivity contribution < 1.29 is 14.7 Å². The first-order valence-corrected chi connectivity index (χ1v) is 6.53. The molecule has 5 nitrogen and oxygen atoms in total. The van der Waals surface area contributed by atoms with E-state index in [0.717, 1.165) is 12.8 Å². The maximum Gasteiger partial charge on any atom is 0.323 e. The van der Waals surface area contributed by atoms with E-state index in [1.54, 1.807) is 11.9 Å². The molecule has 0 aliphatic rings. The first-order valence-electron chi connectivity index (χ1n) is 6.53. The van der Waals surface area contributed by atoms with Crippen LogP contribution in [0.2, 0.25) is 0 Å². The predicted octanol–water partition coefficient (Wildman–Crippen LogP) is 2.27. The molecule has 106 valence electrons. The summed E-state index contributed by atoms with van der Waals surface area (Å²) in [6.45, 7) is 8.22. The molecule has 1 atom stereocenters. The van der Waals surface area contributed by atoms with Crippen LogP contribution in [-0.2, 0) is 4.79 Å². The molecule has 0 saturated heterocycles. The van der Waals surface area contributed by atoms with Gasteiger partial charge in [-0.25, -0.2) is 4.79 Å². The van der Waals surface area contributed by atoms with Gasteiger partial charge >= 0.3 is 12.0 Å². The van der Waals surface area contributed by atoms with E-state index in [0.29, 0.717) is 6.54 Å². The molecule has 1 unspecified atom stereocenters. The second-order valence-electron chi connectivity index (χ2n) is 5.20. The van der Waals surface area contributed by atoms with Crippen LogP contribution in [-0.4, -0.2) is 53.1 Å². The molecule has 0 rings (SSSR count). The Bertz CT molecular complexity index is 279. The fourth-order valence-electron chi connectivity index (χ4n) is 1.84. The zero-order chi connectivity index (χ0) is 14.3. The summed E-state index contributed by atoms with van der Waals surface area (Å²) in [5.74, 6) is -0.719. The van der Waals surface area contributed by atoms with Crippen molar-refractivity contribution in [1.29, 1.82) is 0 Å². The summed E-state index contributed by atoms with van der Waals surface area (Å²) in [7, 11) is 1.73. The molecule has 0 aromatic heterocycles. The van der Waals surface area contributed by atoms with Gasteiger partial charge in [-0.3, -0.25) is 4.79 Å². The number of rotatable bonds is 7. The highest BCUT2D eigenvalue weighted by Crippen LogP contribution is 2.09. The molecular weight excluding hydrogens is 232 g/mol. The van der Waals surface area contributed by atoms with Crippen LogP contribution in [0.5, 0.6) is 0 Å². The zero-order valence-corrected chi connectivity index (χ0v) is 12.1. The van der Waals surface area contributed by atoms with Crippen LogP contribution in [0.4, 0.5) is 4.79 Å². The lowest BCUT2D eigenvalue weighted by molar-refractivity contribution is -0.137. The molecule has 0 aliphatic heterocycles. The summed E-state index contributed by atoms with van der Waals surface area (Å²) >= 11 is 0. The number of hydrogen-bond donors (Lipinski definition) is 1. The van der Waals surface area contributed by atoms with Crippen LogP contribution in [0, 0.1) is 5.92 Å². The number of nitrogens with zero attached hydrogens (tertiary/aromatic N) is 2. The van der Waals surface area contributed by atoms with Crippen molar-refractivity contribution in [3.8, 4) is 0 Å². The van der Waals surface area contributed by atoms with Gasteiger partial charge in [-0.15, -0.1) is 0 Å². The van der Waals surface area contributed by atoms with E-state index in [4.69, 9.17) is 5.11 Å². The standard InChI is InChI=1S/C13H26N2O3/c1-6-7-11(4)14(5)13(18)15(8-10(2)3)9-12(16)17/h10-11H,6-9H2,1-5H3,(H,16,17). The van der Waals surface area contributed by atoms with Crippen molar-refractivity contribution in [3.05, 3.63) is 0 Å². The Morgan fingerprint density at radius 2 is 1.78 bits per heavy atom. The van der Waals surface area contributed by atoms with Crippen molar-refractivity contribution in [3.63, 3.8) is 0 Å². The zero-order valence-electron chi connectivity index (χ0n) is 12.1. The molecule has 0 aliphatic carbocycles. The summed E-state index contributed by atoms with van der Waals surface area (Å²) < 4.78 is 0. The van der Waals surface area contributed by atoms with Gasteiger partial charge in [0, 0.05) is 19.6 Å². The Hall–Kier alpha value is -1.26. The SMILES string of the molecule is CCCC(C)N(C)C(=O)N(CC(=O)O)CC(C)C. The minimum Gasteiger partial charge on any atom is -0.480 e. The lowest BCUT2D eigenvalue weighted by atomic mass is 10.1. The normalized spacial score (nSPS) is 12.3. The third-order valence-electron chi connectivity index (χ3n) is 2.85. The third kappa shape index (κ3) is 5.89. The van der Waals surface area contributed by atoms with Crippen molar-refractivity contribution in [2.75, 3.05) is 20.1 Å². The van der Waals surface area contributed by atoms with Gasteiger partial charge in [0.05, 0.1) is 0 Å². The highest BCUT2D eigenvalue weighted by atomic mass is 16.4. The molecule has 0 bridgehead atoms. The van der Waals surface area contributed by atoms with E-state index in [1.165, 1.54) is 4.90 Å². The van der Waals surface area contributed by atoms with Gasteiger partial charge in [0.15, 0.2) is 0 Å². The number of carboxylic acid groups (broad SMARTS) is 1. The lowest BCUT2D eigenvalue weighted by Gasteiger charge is -2.32. The summed E-state index contributed by atoms with van der Waals surface area (Å²) in [6, 6.07) is -0.0713. The van der Waals surface area contributed by atoms with Crippen molar-refractivity contribution in [1.82, 2.24) is 9.80 Å². The quantitative estimate of drug-likeness (QED) is 0.762. The maximum absolute atomic E-state index is 12.2. The number of amides is 2. The number of carbonyl (C=O) groups is 2. The molecule has 0 saturated carbocycles. The molecule has 5 heteroatoms. The van der Waals surface area contributed by atoms with Crippen LogP contribution in [0.25, 0.3) is 0 Å². The fraction of sp³-hybridized carbons (Fsp3) is 0.846. The van der Waals surface area contributed by atoms with Crippen molar-refractivity contribution in [2.24, 2.45) is 5.92 Å². The minimum atomic E-state index is -0.972. The van der Waals surface area contributed by atoms with E-state index in [2.05, 4.69) is 6.92 Å². The Labute approximate surface area is 110 Å². The summed E-state index contributed by atoms with van der Waals surface area (Å²) in [5.41, 5.74) is 0. The van der Waals surface area contributed by atoms with Crippen molar-refractivity contribution in [2.45, 2.75) is 46.6 Å². The fourth-order valence-corrected chi connectivity index (χ4v) is 1.84. The smallest absolute Gasteiger partial charge is 0.323 e. The molecule has 0 aromatic carbocycles. The van der Waals surface area contributed by atoms with E-state index >= 15 is 0 Å². The Kier molecular flexibility index (Phi) is 7.39. The molecular formula is C13H26N2O3. The van der Waals surface area contributed by atoms with Gasteiger partial charge in [0.2, 0.25) is 0 Å². The van der Waals surface area contributed by atoms with E-state index < -0.39 is 5.97 Å². The van der Waals surface area contributed by atoms with Gasteiger partial charge in [0.1, 0.15) is 6.54 Å². The minimum absolute atomic E-state index is 0.131. The second-order valence-corrected chi connectivity index (χ2v) is 5.20. The topological polar surface area (TPSA) is 60.9 Å². The van der Waals surface area contributed by atoms with Crippen LogP contribution < -0.4 is 0 Å². The highest BCUT2D eigenvalue weighted by Gasteiger charge is 2.23. The average molecular weight is 258 g/mol. The average Bonchev–Trinajstić information content (AvgIpc) is 2.25. The molecule has 0 aromatic rings. The van der Waals surface area contributed by atoms with Gasteiger partial charge in [-0.05, 0) is 19.3 Å². The van der Waals surface area contributed by atoms with E-state index in [-0.39, 0.29) is 24.5 Å². The summed E-state index contributed by atoms with van der Waals surface area (Å²) in [4.78, 5) is 26.1. The largest absolute Gasteiger partial charge is 0.480 e. The van der Waals surface area contributed by atoms with E-state index in [1.807, 2.05) is 20.8 Å². The van der Waals surface area contributed by atoms with Crippen LogP contribution in [0.3, 0.4) is 0 Å². The molecule has 0 heterocycles. The molecule has 0 spiro atoms. The first-order chi connectivity index (χ1) is 8.29. The van der Waals surface area contributed by atoms with E-state index in [9.17, 15) is 9.59 Å². The monoisotopic (exact) mass is 258 g/mol. The maximum atomic E-state index is 12.2. The number of hydrogen-bond acceptors (Lipinski definition) is 2. The molecule has 2 amide bonds. The first kappa shape index (κ1) is 16.7. The van der Waals surface area contributed by atoms with Gasteiger partial charge in [0.25, 0.3) is 0 Å². The molecule has 0 radical (unpaired) electrons. The molecule has 0 fully saturated rings. The van der Waals surface area contributed by atoms with Gasteiger partial charge in [-0.2, -0.15) is 0 Å². The Balaban J connectivity index is 4.66. The highest BCUT2D eigenvalue weighted by molar-refractivity contribution is 5.80. The van der Waals surface area contributed by atoms with Gasteiger partial charge < -0.3 is 14.9 Å².